The fourth-order valence-electron chi connectivity index (χ4n) is 3.38. The van der Waals surface area contributed by atoms with Gasteiger partial charge in [-0.2, -0.15) is 0 Å². The van der Waals surface area contributed by atoms with E-state index in [1.807, 2.05) is 60.8 Å². The van der Waals surface area contributed by atoms with Gasteiger partial charge in [-0.1, -0.05) is 6.07 Å². The van der Waals surface area contributed by atoms with Crippen LogP contribution in [0.25, 0.3) is 0 Å². The number of amides is 2. The molecule has 7 nitrogen and oxygen atoms in total. The fraction of sp³-hybridized carbons (Fsp3) is 0.167. The summed E-state index contributed by atoms with van der Waals surface area (Å²) >= 11 is 1.40. The van der Waals surface area contributed by atoms with E-state index in [0.717, 1.165) is 11.3 Å². The number of carbonyl (C=O) groups excluding carboxylic acids is 2. The average molecular weight is 450 g/mol. The van der Waals surface area contributed by atoms with Gasteiger partial charge in [-0.3, -0.25) is 9.59 Å². The fourth-order valence-corrected chi connectivity index (χ4v) is 4.07. The molecule has 0 bridgehead atoms. The van der Waals surface area contributed by atoms with E-state index in [1.54, 1.807) is 29.4 Å². The van der Waals surface area contributed by atoms with Crippen LogP contribution in [-0.4, -0.2) is 30.8 Å². The van der Waals surface area contributed by atoms with Crippen LogP contribution in [0.4, 0.5) is 11.4 Å². The average Bonchev–Trinajstić information content (AvgIpc) is 3.56. The highest BCUT2D eigenvalue weighted by Crippen LogP contribution is 2.27. The topological polar surface area (TPSA) is 78.9 Å². The lowest BCUT2D eigenvalue weighted by Crippen LogP contribution is -2.30. The number of hydrogen-bond acceptors (Lipinski definition) is 6. The molecule has 0 spiro atoms. The Bertz CT molecular complexity index is 1170. The Morgan fingerprint density at radius 1 is 0.969 bits per heavy atom. The summed E-state index contributed by atoms with van der Waals surface area (Å²) in [6.45, 7) is 0.676. The second-order valence-corrected chi connectivity index (χ2v) is 8.33. The van der Waals surface area contributed by atoms with Crippen LogP contribution in [0.2, 0.25) is 0 Å². The summed E-state index contributed by atoms with van der Waals surface area (Å²) in [6, 6.07) is 16.2. The van der Waals surface area contributed by atoms with Crippen molar-refractivity contribution in [2.75, 3.05) is 24.3 Å². The number of anilines is 2. The van der Waals surface area contributed by atoms with Gasteiger partial charge in [0.1, 0.15) is 5.76 Å². The summed E-state index contributed by atoms with van der Waals surface area (Å²) in [5.41, 5.74) is 2.46. The summed E-state index contributed by atoms with van der Waals surface area (Å²) in [5, 5.41) is 4.74. The Labute approximate surface area is 189 Å². The minimum atomic E-state index is -0.333. The second-order valence-electron chi connectivity index (χ2n) is 7.39. The number of hydrogen-bond donors (Lipinski definition) is 1. The summed E-state index contributed by atoms with van der Waals surface area (Å²) in [6.07, 6.45) is 3.05. The number of thiophene rings is 1. The maximum absolute atomic E-state index is 13.2. The van der Waals surface area contributed by atoms with Gasteiger partial charge in [-0.25, -0.2) is 0 Å². The third-order valence-electron chi connectivity index (χ3n) is 4.87. The molecule has 0 unspecified atom stereocenters. The van der Waals surface area contributed by atoms with Crippen LogP contribution in [0.5, 0.6) is 0 Å². The number of rotatable bonds is 8. The summed E-state index contributed by atoms with van der Waals surface area (Å²) < 4.78 is 10.7. The molecule has 0 saturated heterocycles. The largest absolute Gasteiger partial charge is 0.467 e. The minimum Gasteiger partial charge on any atom is -0.467 e. The molecule has 164 valence electrons. The highest BCUT2D eigenvalue weighted by Gasteiger charge is 2.21. The van der Waals surface area contributed by atoms with Gasteiger partial charge in [-0.15, -0.1) is 11.3 Å². The monoisotopic (exact) mass is 449 g/mol. The first-order valence-electron chi connectivity index (χ1n) is 10.0. The van der Waals surface area contributed by atoms with Crippen molar-refractivity contribution in [3.63, 3.8) is 0 Å². The molecule has 0 aliphatic carbocycles. The minimum absolute atomic E-state index is 0.0777. The van der Waals surface area contributed by atoms with E-state index in [-0.39, 0.29) is 17.6 Å². The molecule has 2 amide bonds. The van der Waals surface area contributed by atoms with Crippen molar-refractivity contribution in [2.45, 2.75) is 13.1 Å². The van der Waals surface area contributed by atoms with Crippen LogP contribution in [-0.2, 0) is 13.1 Å². The highest BCUT2D eigenvalue weighted by molar-refractivity contribution is 7.12. The van der Waals surface area contributed by atoms with Crippen LogP contribution in [0.1, 0.15) is 31.6 Å². The normalized spacial score (nSPS) is 10.7. The number of benzene rings is 1. The van der Waals surface area contributed by atoms with E-state index in [2.05, 4.69) is 5.32 Å². The third kappa shape index (κ3) is 4.92. The van der Waals surface area contributed by atoms with Gasteiger partial charge < -0.3 is 24.0 Å². The Morgan fingerprint density at radius 3 is 2.44 bits per heavy atom. The summed E-state index contributed by atoms with van der Waals surface area (Å²) in [4.78, 5) is 30.0. The van der Waals surface area contributed by atoms with Gasteiger partial charge in [0, 0.05) is 32.0 Å². The predicted molar refractivity (Wildman–Crippen MR) is 124 cm³/mol. The summed E-state index contributed by atoms with van der Waals surface area (Å²) in [7, 11) is 3.88. The lowest BCUT2D eigenvalue weighted by atomic mass is 10.1. The first-order valence-corrected chi connectivity index (χ1v) is 10.9. The molecule has 0 saturated carbocycles. The zero-order valence-electron chi connectivity index (χ0n) is 17.8. The van der Waals surface area contributed by atoms with Gasteiger partial charge in [0.25, 0.3) is 11.8 Å². The maximum atomic E-state index is 13.2. The van der Waals surface area contributed by atoms with E-state index in [4.69, 9.17) is 8.83 Å². The lowest BCUT2D eigenvalue weighted by molar-refractivity contribution is 0.0722. The Balaban J connectivity index is 1.63. The van der Waals surface area contributed by atoms with Gasteiger partial charge in [-0.05, 0) is 59.5 Å². The van der Waals surface area contributed by atoms with Gasteiger partial charge in [0.2, 0.25) is 0 Å². The Morgan fingerprint density at radius 2 is 1.78 bits per heavy atom. The number of nitrogens with zero attached hydrogens (tertiary/aromatic N) is 2. The van der Waals surface area contributed by atoms with Gasteiger partial charge in [0.15, 0.2) is 5.76 Å². The third-order valence-corrected chi connectivity index (χ3v) is 5.73. The number of carbonyl (C=O) groups is 2. The van der Waals surface area contributed by atoms with Crippen molar-refractivity contribution in [1.29, 1.82) is 0 Å². The van der Waals surface area contributed by atoms with Gasteiger partial charge >= 0.3 is 0 Å². The van der Waals surface area contributed by atoms with Crippen molar-refractivity contribution < 1.29 is 18.4 Å². The molecule has 1 N–H and O–H groups in total. The molecule has 0 aliphatic rings. The van der Waals surface area contributed by atoms with Crippen LogP contribution in [0, 0.1) is 0 Å². The Hall–Kier alpha value is -3.78. The van der Waals surface area contributed by atoms with Crippen LogP contribution >= 0.6 is 11.3 Å². The van der Waals surface area contributed by atoms with Crippen molar-refractivity contribution >= 4 is 34.5 Å². The zero-order chi connectivity index (χ0) is 22.5. The number of furan rings is 2. The van der Waals surface area contributed by atoms with Crippen LogP contribution in [0.3, 0.4) is 0 Å². The van der Waals surface area contributed by atoms with Crippen LogP contribution < -0.4 is 10.2 Å². The molecular weight excluding hydrogens is 426 g/mol. The van der Waals surface area contributed by atoms with Crippen LogP contribution in [0.15, 0.2) is 81.3 Å². The number of nitrogens with one attached hydrogen (secondary N) is 1. The Kier molecular flexibility index (Phi) is 6.42. The maximum Gasteiger partial charge on any atom is 0.291 e. The molecule has 0 radical (unpaired) electrons. The smallest absolute Gasteiger partial charge is 0.291 e. The lowest BCUT2D eigenvalue weighted by Gasteiger charge is -2.25. The van der Waals surface area contributed by atoms with E-state index in [9.17, 15) is 9.59 Å². The zero-order valence-corrected chi connectivity index (χ0v) is 18.6. The van der Waals surface area contributed by atoms with E-state index < -0.39 is 0 Å². The quantitative estimate of drug-likeness (QED) is 0.405. The predicted octanol–water partition coefficient (Wildman–Crippen LogP) is 5.10. The van der Waals surface area contributed by atoms with E-state index in [1.165, 1.54) is 17.6 Å². The van der Waals surface area contributed by atoms with Crippen molar-refractivity contribution in [2.24, 2.45) is 0 Å². The molecule has 8 heteroatoms. The van der Waals surface area contributed by atoms with E-state index >= 15 is 0 Å². The highest BCUT2D eigenvalue weighted by atomic mass is 32.1. The molecular formula is C24H23N3O4S. The molecule has 0 fully saturated rings. The SMILES string of the molecule is CN(C)c1ccc(NC(=O)c2ccco2)cc1CN(Cc1ccco1)C(=O)c1cccs1. The van der Waals surface area contributed by atoms with Gasteiger partial charge in [0.05, 0.1) is 23.9 Å². The molecule has 3 aromatic heterocycles. The molecule has 1 aromatic carbocycles. The van der Waals surface area contributed by atoms with Crippen molar-refractivity contribution in [1.82, 2.24) is 4.90 Å². The standard InChI is InChI=1S/C24H23N3O4S/c1-26(2)20-10-9-18(25-23(28)21-7-4-12-31-21)14-17(20)15-27(16-19-6-3-11-30-19)24(29)22-8-5-13-32-22/h3-14H,15-16H2,1-2H3,(H,25,28). The molecule has 4 rings (SSSR count). The van der Waals surface area contributed by atoms with E-state index in [0.29, 0.717) is 29.4 Å². The van der Waals surface area contributed by atoms with Crippen molar-refractivity contribution in [3.8, 4) is 0 Å². The summed E-state index contributed by atoms with van der Waals surface area (Å²) in [5.74, 6) is 0.519. The van der Waals surface area contributed by atoms with Crippen molar-refractivity contribution in [3.05, 3.63) is 94.5 Å². The molecule has 0 atom stereocenters. The first kappa shape index (κ1) is 21.5. The first-order chi connectivity index (χ1) is 15.5. The molecule has 3 heterocycles. The molecule has 4 aromatic rings. The second kappa shape index (κ2) is 9.57. The molecule has 32 heavy (non-hydrogen) atoms. The molecule has 0 aliphatic heterocycles.